The van der Waals surface area contributed by atoms with Gasteiger partial charge in [-0.15, -0.1) is 0 Å². The summed E-state index contributed by atoms with van der Waals surface area (Å²) in [6.07, 6.45) is 0. The van der Waals surface area contributed by atoms with Gasteiger partial charge < -0.3 is 10.1 Å². The number of nitrogens with one attached hydrogen (secondary N) is 2. The number of halogens is 1. The maximum absolute atomic E-state index is 12.7. The normalized spacial score (nSPS) is 12.9. The summed E-state index contributed by atoms with van der Waals surface area (Å²) >= 11 is 6.05. The summed E-state index contributed by atoms with van der Waals surface area (Å²) < 4.78 is 33.7. The lowest BCUT2D eigenvalue weighted by Gasteiger charge is -2.12. The number of amides is 1. The number of benzene rings is 3. The summed E-state index contributed by atoms with van der Waals surface area (Å²) in [4.78, 5) is 12.7. The van der Waals surface area contributed by atoms with E-state index in [0.717, 1.165) is 11.1 Å². The van der Waals surface area contributed by atoms with Gasteiger partial charge in [-0.05, 0) is 67.4 Å². The molecule has 4 rings (SSSR count). The van der Waals surface area contributed by atoms with Crippen molar-refractivity contribution in [1.82, 2.24) is 0 Å². The van der Waals surface area contributed by atoms with E-state index in [2.05, 4.69) is 10.0 Å². The Labute approximate surface area is 173 Å². The molecule has 0 saturated heterocycles. The third-order valence-electron chi connectivity index (χ3n) is 4.53. The Morgan fingerprint density at radius 2 is 1.72 bits per heavy atom. The van der Waals surface area contributed by atoms with Gasteiger partial charge in [-0.2, -0.15) is 0 Å². The topological polar surface area (TPSA) is 84.5 Å². The van der Waals surface area contributed by atoms with Crippen LogP contribution >= 0.6 is 11.6 Å². The van der Waals surface area contributed by atoms with Crippen molar-refractivity contribution < 1.29 is 17.9 Å². The van der Waals surface area contributed by atoms with E-state index in [-0.39, 0.29) is 22.1 Å². The number of hydrogen-bond acceptors (Lipinski definition) is 4. The van der Waals surface area contributed by atoms with Crippen LogP contribution < -0.4 is 14.8 Å². The minimum Gasteiger partial charge on any atom is -0.454 e. The number of rotatable bonds is 3. The average Bonchev–Trinajstić information content (AvgIpc) is 2.79. The van der Waals surface area contributed by atoms with Crippen LogP contribution in [0.5, 0.6) is 11.5 Å². The molecule has 0 fully saturated rings. The van der Waals surface area contributed by atoms with Crippen LogP contribution in [0.15, 0.2) is 59.5 Å². The Hall–Kier alpha value is -3.03. The number of carbonyl (C=O) groups excluding carboxylic acids is 1. The predicted octanol–water partition coefficient (Wildman–Crippen LogP) is 5.12. The van der Waals surface area contributed by atoms with E-state index in [0.29, 0.717) is 22.2 Å². The van der Waals surface area contributed by atoms with Crippen molar-refractivity contribution in [2.75, 3.05) is 10.0 Å². The van der Waals surface area contributed by atoms with E-state index in [4.69, 9.17) is 16.3 Å². The van der Waals surface area contributed by atoms with Crippen molar-refractivity contribution >= 4 is 38.9 Å². The van der Waals surface area contributed by atoms with Gasteiger partial charge in [0.1, 0.15) is 5.75 Å². The maximum Gasteiger partial charge on any atom is 0.261 e. The highest BCUT2D eigenvalue weighted by Crippen LogP contribution is 2.37. The standard InChI is InChI=1S/C21H17ClN2O4S/c1-12-3-7-20-18(9-12)23-21(25)16-10-14(5-8-19(16)28-20)24-29(26,27)15-6-4-13(2)17(22)11-15/h3-11,24H,1-2H3,(H,23,25). The van der Waals surface area contributed by atoms with Crippen molar-refractivity contribution in [2.45, 2.75) is 18.7 Å². The van der Waals surface area contributed by atoms with Crippen LogP contribution in [0.1, 0.15) is 21.5 Å². The van der Waals surface area contributed by atoms with Crippen molar-refractivity contribution in [1.29, 1.82) is 0 Å². The second-order valence-electron chi connectivity index (χ2n) is 6.78. The summed E-state index contributed by atoms with van der Waals surface area (Å²) in [6, 6.07) is 14.5. The molecule has 0 aliphatic carbocycles. The highest BCUT2D eigenvalue weighted by Gasteiger charge is 2.23. The molecule has 0 bridgehead atoms. The molecule has 148 valence electrons. The van der Waals surface area contributed by atoms with Crippen LogP contribution in [-0.4, -0.2) is 14.3 Å². The first-order chi connectivity index (χ1) is 13.7. The van der Waals surface area contributed by atoms with Gasteiger partial charge in [0.2, 0.25) is 0 Å². The van der Waals surface area contributed by atoms with Crippen LogP contribution in [0, 0.1) is 13.8 Å². The van der Waals surface area contributed by atoms with Gasteiger partial charge in [0, 0.05) is 10.7 Å². The molecule has 1 aliphatic rings. The number of aryl methyl sites for hydroxylation is 2. The van der Waals surface area contributed by atoms with E-state index >= 15 is 0 Å². The molecule has 2 N–H and O–H groups in total. The molecule has 29 heavy (non-hydrogen) atoms. The quantitative estimate of drug-likeness (QED) is 0.606. The lowest BCUT2D eigenvalue weighted by atomic mass is 10.1. The number of sulfonamides is 1. The number of ether oxygens (including phenoxy) is 1. The summed E-state index contributed by atoms with van der Waals surface area (Å²) in [6.45, 7) is 3.70. The fourth-order valence-corrected chi connectivity index (χ4v) is 4.27. The van der Waals surface area contributed by atoms with Gasteiger partial charge in [0.05, 0.1) is 16.1 Å². The van der Waals surface area contributed by atoms with Gasteiger partial charge in [0.25, 0.3) is 15.9 Å². The molecule has 1 amide bonds. The molecule has 3 aromatic carbocycles. The molecule has 6 nitrogen and oxygen atoms in total. The zero-order valence-electron chi connectivity index (χ0n) is 15.6. The second-order valence-corrected chi connectivity index (χ2v) is 8.87. The number of carbonyl (C=O) groups is 1. The lowest BCUT2D eigenvalue weighted by Crippen LogP contribution is -2.15. The molecular formula is C21H17ClN2O4S. The SMILES string of the molecule is Cc1ccc2c(c1)NC(=O)c1cc(NS(=O)(=O)c3ccc(C)c(Cl)c3)ccc1O2. The maximum atomic E-state index is 12.7. The average molecular weight is 429 g/mol. The van der Waals surface area contributed by atoms with Gasteiger partial charge in [0.15, 0.2) is 5.75 Å². The van der Waals surface area contributed by atoms with Crippen LogP contribution in [-0.2, 0) is 10.0 Å². The Kier molecular flexibility index (Phi) is 4.72. The number of fused-ring (bicyclic) bond motifs is 2. The van der Waals surface area contributed by atoms with E-state index < -0.39 is 10.0 Å². The molecule has 0 spiro atoms. The van der Waals surface area contributed by atoms with Crippen molar-refractivity contribution in [3.63, 3.8) is 0 Å². The van der Waals surface area contributed by atoms with Crippen LogP contribution in [0.2, 0.25) is 5.02 Å². The minimum atomic E-state index is -3.87. The summed E-state index contributed by atoms with van der Waals surface area (Å²) in [5, 5.41) is 3.15. The molecule has 3 aromatic rings. The Morgan fingerprint density at radius 1 is 0.966 bits per heavy atom. The van der Waals surface area contributed by atoms with Crippen LogP contribution in [0.25, 0.3) is 0 Å². The highest BCUT2D eigenvalue weighted by atomic mass is 35.5. The van der Waals surface area contributed by atoms with Crippen LogP contribution in [0.3, 0.4) is 0 Å². The number of hydrogen-bond donors (Lipinski definition) is 2. The molecule has 1 aliphatic heterocycles. The summed E-state index contributed by atoms with van der Waals surface area (Å²) in [5.41, 5.74) is 2.77. The van der Waals surface area contributed by atoms with E-state index in [1.54, 1.807) is 31.2 Å². The fourth-order valence-electron chi connectivity index (χ4n) is 2.95. The monoisotopic (exact) mass is 428 g/mol. The third kappa shape index (κ3) is 3.79. The first-order valence-corrected chi connectivity index (χ1v) is 10.6. The zero-order valence-corrected chi connectivity index (χ0v) is 17.2. The van der Waals surface area contributed by atoms with E-state index in [9.17, 15) is 13.2 Å². The first-order valence-electron chi connectivity index (χ1n) is 8.76. The van der Waals surface area contributed by atoms with Crippen molar-refractivity contribution in [3.8, 4) is 11.5 Å². The highest BCUT2D eigenvalue weighted by molar-refractivity contribution is 7.92. The van der Waals surface area contributed by atoms with Gasteiger partial charge in [-0.25, -0.2) is 8.42 Å². The smallest absolute Gasteiger partial charge is 0.261 e. The Bertz CT molecular complexity index is 1260. The predicted molar refractivity (Wildman–Crippen MR) is 113 cm³/mol. The second kappa shape index (κ2) is 7.09. The molecule has 0 atom stereocenters. The molecule has 0 saturated carbocycles. The van der Waals surface area contributed by atoms with Gasteiger partial charge in [-0.1, -0.05) is 23.7 Å². The Morgan fingerprint density at radius 3 is 2.48 bits per heavy atom. The van der Waals surface area contributed by atoms with Gasteiger partial charge >= 0.3 is 0 Å². The van der Waals surface area contributed by atoms with Crippen molar-refractivity contribution in [3.05, 3.63) is 76.3 Å². The largest absolute Gasteiger partial charge is 0.454 e. The first kappa shape index (κ1) is 19.3. The molecule has 0 aromatic heterocycles. The molecular weight excluding hydrogens is 412 g/mol. The molecule has 1 heterocycles. The Balaban J connectivity index is 1.67. The van der Waals surface area contributed by atoms with Crippen molar-refractivity contribution in [2.24, 2.45) is 0 Å². The zero-order chi connectivity index (χ0) is 20.8. The molecule has 0 unspecified atom stereocenters. The van der Waals surface area contributed by atoms with Crippen LogP contribution in [0.4, 0.5) is 11.4 Å². The summed E-state index contributed by atoms with van der Waals surface area (Å²) in [7, 11) is -3.87. The van der Waals surface area contributed by atoms with Gasteiger partial charge in [-0.3, -0.25) is 9.52 Å². The molecule has 0 radical (unpaired) electrons. The number of anilines is 2. The van der Waals surface area contributed by atoms with E-state index in [1.807, 2.05) is 19.1 Å². The minimum absolute atomic E-state index is 0.0339. The fraction of sp³-hybridized carbons (Fsp3) is 0.0952. The molecule has 8 heteroatoms. The van der Waals surface area contributed by atoms with E-state index in [1.165, 1.54) is 18.2 Å². The third-order valence-corrected chi connectivity index (χ3v) is 6.32. The summed E-state index contributed by atoms with van der Waals surface area (Å²) in [5.74, 6) is 0.473. The lowest BCUT2D eigenvalue weighted by molar-refractivity contribution is 0.102.